The predicted molar refractivity (Wildman–Crippen MR) is 88.3 cm³/mol. The zero-order valence-electron chi connectivity index (χ0n) is 12.6. The molecule has 0 atom stereocenters. The molecule has 2 aromatic carbocycles. The lowest BCUT2D eigenvalue weighted by Crippen LogP contribution is -2.18. The number of nitrogens with one attached hydrogen (secondary N) is 1. The van der Waals surface area contributed by atoms with E-state index in [4.69, 9.17) is 4.74 Å². The Morgan fingerprint density at radius 1 is 1.22 bits per heavy atom. The van der Waals surface area contributed by atoms with E-state index in [-0.39, 0.29) is 10.6 Å². The summed E-state index contributed by atoms with van der Waals surface area (Å²) in [6.07, 6.45) is 2.10. The van der Waals surface area contributed by atoms with E-state index in [1.807, 2.05) is 6.92 Å². The average Bonchev–Trinajstić information content (AvgIpc) is 2.55. The third-order valence-electron chi connectivity index (χ3n) is 2.90. The first kappa shape index (κ1) is 16.8. The van der Waals surface area contributed by atoms with Gasteiger partial charge in [0.05, 0.1) is 17.7 Å². The topological polar surface area (TPSA) is 88.0 Å². The van der Waals surface area contributed by atoms with Crippen molar-refractivity contribution in [3.05, 3.63) is 54.1 Å². The van der Waals surface area contributed by atoms with Gasteiger partial charge in [0.15, 0.2) is 0 Å². The van der Waals surface area contributed by atoms with Gasteiger partial charge in [-0.25, -0.2) is 4.83 Å². The van der Waals surface area contributed by atoms with Crippen LogP contribution in [0.4, 0.5) is 0 Å². The average molecular weight is 334 g/mol. The molecule has 122 valence electrons. The van der Waals surface area contributed by atoms with E-state index in [1.165, 1.54) is 24.4 Å². The fourth-order valence-electron chi connectivity index (χ4n) is 1.76. The van der Waals surface area contributed by atoms with Crippen LogP contribution in [0.1, 0.15) is 18.9 Å². The second-order valence-electron chi connectivity index (χ2n) is 4.74. The molecule has 0 saturated heterocycles. The van der Waals surface area contributed by atoms with Crippen molar-refractivity contribution in [3.63, 3.8) is 0 Å². The number of benzene rings is 2. The monoisotopic (exact) mass is 334 g/mol. The van der Waals surface area contributed by atoms with Crippen molar-refractivity contribution in [3.8, 4) is 11.5 Å². The Labute approximate surface area is 135 Å². The lowest BCUT2D eigenvalue weighted by atomic mass is 10.2. The van der Waals surface area contributed by atoms with Crippen molar-refractivity contribution in [1.82, 2.24) is 4.83 Å². The Morgan fingerprint density at radius 2 is 1.96 bits per heavy atom. The predicted octanol–water partition coefficient (Wildman–Crippen LogP) is 2.49. The van der Waals surface area contributed by atoms with Crippen molar-refractivity contribution in [2.45, 2.75) is 18.2 Å². The fourth-order valence-corrected chi connectivity index (χ4v) is 2.57. The third kappa shape index (κ3) is 4.72. The molecule has 0 spiro atoms. The smallest absolute Gasteiger partial charge is 0.276 e. The standard InChI is InChI=1S/C16H18N2O4S/c1-2-10-22-14-9-8-13(16(19)11-14)12-17-18-23(20,21)15-6-4-3-5-7-15/h3-9,11-12,18-19H,2,10H2,1H3/b17-12+. The molecule has 0 fully saturated rings. The molecular weight excluding hydrogens is 316 g/mol. The minimum atomic E-state index is -3.72. The second kappa shape index (κ2) is 7.64. The molecule has 7 heteroatoms. The van der Waals surface area contributed by atoms with Crippen LogP contribution in [0, 0.1) is 0 Å². The summed E-state index contributed by atoms with van der Waals surface area (Å²) in [4.78, 5) is 2.21. The number of nitrogens with zero attached hydrogens (tertiary/aromatic N) is 1. The molecule has 0 amide bonds. The summed E-state index contributed by atoms with van der Waals surface area (Å²) in [5.74, 6) is 0.507. The van der Waals surface area contributed by atoms with Crippen molar-refractivity contribution >= 4 is 16.2 Å². The summed E-state index contributed by atoms with van der Waals surface area (Å²) < 4.78 is 29.3. The summed E-state index contributed by atoms with van der Waals surface area (Å²) in [5, 5.41) is 13.6. The minimum Gasteiger partial charge on any atom is -0.507 e. The molecule has 0 aliphatic carbocycles. The van der Waals surface area contributed by atoms with E-state index in [1.54, 1.807) is 30.3 Å². The van der Waals surface area contributed by atoms with E-state index in [2.05, 4.69) is 9.93 Å². The summed E-state index contributed by atoms with van der Waals surface area (Å²) in [7, 11) is -3.72. The van der Waals surface area contributed by atoms with Crippen LogP contribution in [-0.4, -0.2) is 26.3 Å². The Balaban J connectivity index is 2.06. The number of sulfonamides is 1. The van der Waals surface area contributed by atoms with Gasteiger partial charge in [-0.05, 0) is 30.7 Å². The molecule has 2 rings (SSSR count). The van der Waals surface area contributed by atoms with Gasteiger partial charge in [0, 0.05) is 11.6 Å². The molecule has 2 N–H and O–H groups in total. The van der Waals surface area contributed by atoms with Crippen LogP contribution in [0.3, 0.4) is 0 Å². The van der Waals surface area contributed by atoms with Crippen LogP contribution in [-0.2, 0) is 10.0 Å². The van der Waals surface area contributed by atoms with E-state index in [0.29, 0.717) is 17.9 Å². The maximum absolute atomic E-state index is 12.0. The van der Waals surface area contributed by atoms with Gasteiger partial charge in [0.25, 0.3) is 10.0 Å². The number of hydrogen-bond acceptors (Lipinski definition) is 5. The molecule has 2 aromatic rings. The molecule has 0 heterocycles. The number of phenols is 1. The SMILES string of the molecule is CCCOc1ccc(/C=N/NS(=O)(=O)c2ccccc2)c(O)c1. The Hall–Kier alpha value is -2.54. The van der Waals surface area contributed by atoms with Gasteiger partial charge in [-0.2, -0.15) is 13.5 Å². The fraction of sp³-hybridized carbons (Fsp3) is 0.188. The first-order valence-electron chi connectivity index (χ1n) is 7.08. The molecule has 6 nitrogen and oxygen atoms in total. The highest BCUT2D eigenvalue weighted by molar-refractivity contribution is 7.89. The molecule has 23 heavy (non-hydrogen) atoms. The molecule has 0 unspecified atom stereocenters. The number of aromatic hydroxyl groups is 1. The van der Waals surface area contributed by atoms with Gasteiger partial charge in [-0.1, -0.05) is 25.1 Å². The first-order valence-corrected chi connectivity index (χ1v) is 8.57. The van der Waals surface area contributed by atoms with Gasteiger partial charge in [0.1, 0.15) is 11.5 Å². The highest BCUT2D eigenvalue weighted by atomic mass is 32.2. The van der Waals surface area contributed by atoms with Crippen molar-refractivity contribution in [2.75, 3.05) is 6.61 Å². The number of hydrazone groups is 1. The zero-order valence-corrected chi connectivity index (χ0v) is 13.5. The summed E-state index contributed by atoms with van der Waals surface area (Å²) >= 11 is 0. The van der Waals surface area contributed by atoms with Gasteiger partial charge in [0.2, 0.25) is 0 Å². The van der Waals surface area contributed by atoms with Crippen molar-refractivity contribution in [2.24, 2.45) is 5.10 Å². The largest absolute Gasteiger partial charge is 0.507 e. The zero-order chi connectivity index (χ0) is 16.7. The summed E-state index contributed by atoms with van der Waals surface area (Å²) in [5.41, 5.74) is 0.379. The van der Waals surface area contributed by atoms with Crippen LogP contribution in [0.25, 0.3) is 0 Å². The Kier molecular flexibility index (Phi) is 5.59. The molecule has 0 saturated carbocycles. The van der Waals surface area contributed by atoms with Crippen LogP contribution < -0.4 is 9.57 Å². The van der Waals surface area contributed by atoms with E-state index < -0.39 is 10.0 Å². The van der Waals surface area contributed by atoms with Crippen molar-refractivity contribution in [1.29, 1.82) is 0 Å². The Bertz CT molecular complexity index is 774. The van der Waals surface area contributed by atoms with E-state index in [0.717, 1.165) is 6.42 Å². The van der Waals surface area contributed by atoms with Crippen molar-refractivity contribution < 1.29 is 18.3 Å². The molecule has 0 bridgehead atoms. The second-order valence-corrected chi connectivity index (χ2v) is 6.40. The quantitative estimate of drug-likeness (QED) is 0.601. The van der Waals surface area contributed by atoms with Crippen LogP contribution in [0.5, 0.6) is 11.5 Å². The molecule has 0 aliphatic rings. The highest BCUT2D eigenvalue weighted by Crippen LogP contribution is 2.22. The molecular formula is C16H18N2O4S. The van der Waals surface area contributed by atoms with Gasteiger partial charge in [-0.3, -0.25) is 0 Å². The number of ether oxygens (including phenoxy) is 1. The number of phenolic OH excluding ortho intramolecular Hbond substituents is 1. The Morgan fingerprint density at radius 3 is 2.61 bits per heavy atom. The molecule has 0 aromatic heterocycles. The molecule has 0 radical (unpaired) electrons. The normalized spacial score (nSPS) is 11.5. The lowest BCUT2D eigenvalue weighted by molar-refractivity contribution is 0.315. The number of hydrogen-bond donors (Lipinski definition) is 2. The molecule has 0 aliphatic heterocycles. The van der Waals surface area contributed by atoms with Gasteiger partial charge in [-0.15, -0.1) is 0 Å². The maximum atomic E-state index is 12.0. The van der Waals surface area contributed by atoms with Gasteiger partial charge < -0.3 is 9.84 Å². The van der Waals surface area contributed by atoms with E-state index in [9.17, 15) is 13.5 Å². The van der Waals surface area contributed by atoms with E-state index >= 15 is 0 Å². The lowest BCUT2D eigenvalue weighted by Gasteiger charge is -2.06. The number of rotatable bonds is 7. The maximum Gasteiger partial charge on any atom is 0.276 e. The van der Waals surface area contributed by atoms with Gasteiger partial charge >= 0.3 is 0 Å². The van der Waals surface area contributed by atoms with Crippen LogP contribution in [0.2, 0.25) is 0 Å². The highest BCUT2D eigenvalue weighted by Gasteiger charge is 2.11. The van der Waals surface area contributed by atoms with Crippen LogP contribution >= 0.6 is 0 Å². The van der Waals surface area contributed by atoms with Crippen LogP contribution in [0.15, 0.2) is 58.5 Å². The summed E-state index contributed by atoms with van der Waals surface area (Å²) in [6, 6.07) is 12.6. The summed E-state index contributed by atoms with van der Waals surface area (Å²) in [6.45, 7) is 2.55. The first-order chi connectivity index (χ1) is 11.0. The third-order valence-corrected chi connectivity index (χ3v) is 4.14. The minimum absolute atomic E-state index is 0.0405.